The summed E-state index contributed by atoms with van der Waals surface area (Å²) in [6.07, 6.45) is 0. The normalized spacial score (nSPS) is 12.1. The van der Waals surface area contributed by atoms with E-state index in [1.165, 1.54) is 18.2 Å². The predicted octanol–water partition coefficient (Wildman–Crippen LogP) is -1.97. The molecule has 0 saturated carbocycles. The molecule has 0 atom stereocenters. The predicted molar refractivity (Wildman–Crippen MR) is 69.1 cm³/mol. The van der Waals surface area contributed by atoms with E-state index in [1.54, 1.807) is 0 Å². The van der Waals surface area contributed by atoms with Crippen LogP contribution in [0.15, 0.2) is 40.1 Å². The first-order chi connectivity index (χ1) is 8.59. The van der Waals surface area contributed by atoms with Gasteiger partial charge in [0.25, 0.3) is 20.2 Å². The van der Waals surface area contributed by atoms with Crippen LogP contribution in [-0.2, 0) is 20.2 Å². The summed E-state index contributed by atoms with van der Waals surface area (Å²) >= 11 is 0. The summed E-state index contributed by atoms with van der Waals surface area (Å²) < 4.78 is 62.8. The van der Waals surface area contributed by atoms with Crippen molar-refractivity contribution in [3.8, 4) is 0 Å². The third-order valence-electron chi connectivity index (χ3n) is 2.49. The minimum atomic E-state index is -4.64. The number of hydrogen-bond donors (Lipinski definition) is 3. The van der Waals surface area contributed by atoms with Crippen molar-refractivity contribution in [3.05, 3.63) is 30.3 Å². The molecule has 20 heavy (non-hydrogen) atoms. The Bertz CT molecular complexity index is 882. The topological polar surface area (TPSA) is 135 Å². The molecule has 0 fully saturated rings. The summed E-state index contributed by atoms with van der Waals surface area (Å²) in [4.78, 5) is -1.25. The van der Waals surface area contributed by atoms with Gasteiger partial charge in [-0.05, 0) is 29.7 Å². The first-order valence-electron chi connectivity index (χ1n) is 4.87. The van der Waals surface area contributed by atoms with Gasteiger partial charge in [-0.15, -0.1) is 0 Å². The van der Waals surface area contributed by atoms with Gasteiger partial charge in [0.1, 0.15) is 4.90 Å². The largest absolute Gasteiger partial charge is 1.00 e. The Hall–Kier alpha value is -0.680. The van der Waals surface area contributed by atoms with Crippen LogP contribution in [0.3, 0.4) is 0 Å². The molecule has 4 N–H and O–H groups in total. The molecule has 0 unspecified atom stereocenters. The van der Waals surface area contributed by atoms with E-state index in [0.717, 1.165) is 6.07 Å². The van der Waals surface area contributed by atoms with E-state index in [1.807, 2.05) is 0 Å². The number of hydrogen-bond acceptors (Lipinski definition) is 5. The number of fused-ring (bicyclic) bond motifs is 1. The van der Waals surface area contributed by atoms with Crippen molar-refractivity contribution in [2.75, 3.05) is 5.73 Å². The van der Waals surface area contributed by atoms with E-state index in [2.05, 4.69) is 0 Å². The van der Waals surface area contributed by atoms with Gasteiger partial charge < -0.3 is 7.16 Å². The summed E-state index contributed by atoms with van der Waals surface area (Å²) in [6.45, 7) is 0. The minimum absolute atomic E-state index is 0. The van der Waals surface area contributed by atoms with Gasteiger partial charge in [-0.3, -0.25) is 9.11 Å². The summed E-state index contributed by atoms with van der Waals surface area (Å²) in [7, 11) is -9.25. The first kappa shape index (κ1) is 17.4. The number of benzene rings is 2. The summed E-state index contributed by atoms with van der Waals surface area (Å²) in [5.74, 6) is 0. The van der Waals surface area contributed by atoms with Crippen molar-refractivity contribution in [3.63, 3.8) is 0 Å². The van der Waals surface area contributed by atoms with Crippen molar-refractivity contribution in [1.82, 2.24) is 0 Å². The van der Waals surface area contributed by atoms with E-state index in [0.29, 0.717) is 6.07 Å². The zero-order valence-corrected chi connectivity index (χ0v) is 13.9. The van der Waals surface area contributed by atoms with E-state index in [-0.39, 0.29) is 47.4 Å². The van der Waals surface area contributed by atoms with Crippen molar-refractivity contribution in [2.24, 2.45) is 0 Å². The van der Waals surface area contributed by atoms with Crippen LogP contribution in [0.5, 0.6) is 0 Å². The monoisotopic (exact) mass is 327 g/mol. The van der Waals surface area contributed by atoms with Gasteiger partial charge in [0.05, 0.1) is 4.90 Å². The molecule has 2 aromatic carbocycles. The molecule has 0 heterocycles. The smallest absolute Gasteiger partial charge is 1.00 e. The van der Waals surface area contributed by atoms with Crippen molar-refractivity contribution in [2.45, 2.75) is 9.79 Å². The molecule has 2 aromatic rings. The maximum atomic E-state index is 11.3. The van der Waals surface area contributed by atoms with Gasteiger partial charge in [-0.25, -0.2) is 0 Å². The van der Waals surface area contributed by atoms with E-state index in [9.17, 15) is 16.8 Å². The van der Waals surface area contributed by atoms with Crippen LogP contribution >= 0.6 is 0 Å². The van der Waals surface area contributed by atoms with Crippen LogP contribution in [0.4, 0.5) is 5.69 Å². The Morgan fingerprint density at radius 1 is 0.950 bits per heavy atom. The second kappa shape index (κ2) is 5.60. The average molecular weight is 327 g/mol. The second-order valence-electron chi connectivity index (χ2n) is 3.85. The van der Waals surface area contributed by atoms with Crippen LogP contribution in [0, 0.1) is 0 Å². The molecule has 0 aliphatic rings. The van der Waals surface area contributed by atoms with Gasteiger partial charge in [-0.1, -0.05) is 6.07 Å². The van der Waals surface area contributed by atoms with Crippen LogP contribution in [-0.4, -0.2) is 25.9 Å². The second-order valence-corrected chi connectivity index (χ2v) is 6.66. The molecule has 0 bridgehead atoms. The van der Waals surface area contributed by atoms with Gasteiger partial charge in [0.15, 0.2) is 0 Å². The summed E-state index contributed by atoms with van der Waals surface area (Å²) in [5, 5.41) is 0.270. The molecule has 0 aliphatic heterocycles. The zero-order valence-electron chi connectivity index (χ0n) is 11.3. The molecule has 0 spiro atoms. The van der Waals surface area contributed by atoms with Crippen LogP contribution in [0.1, 0.15) is 1.43 Å². The van der Waals surface area contributed by atoms with Gasteiger partial charge in [-0.2, -0.15) is 16.8 Å². The molecular formula is C10H10NNaO6S2. The molecular weight excluding hydrogens is 317 g/mol. The van der Waals surface area contributed by atoms with Crippen molar-refractivity contribution < 1.29 is 56.9 Å². The number of nitrogen functional groups attached to an aromatic ring is 1. The van der Waals surface area contributed by atoms with Crippen LogP contribution < -0.4 is 35.3 Å². The Morgan fingerprint density at radius 2 is 1.55 bits per heavy atom. The third-order valence-corrected chi connectivity index (χ3v) is 4.21. The Balaban J connectivity index is 0.00000200. The number of rotatable bonds is 2. The molecule has 7 nitrogen and oxygen atoms in total. The van der Waals surface area contributed by atoms with Gasteiger partial charge >= 0.3 is 29.6 Å². The van der Waals surface area contributed by atoms with Gasteiger partial charge in [0, 0.05) is 11.1 Å². The Labute approximate surface area is 139 Å². The minimum Gasteiger partial charge on any atom is -1.00 e. The molecule has 10 heteroatoms. The molecule has 2 rings (SSSR count). The summed E-state index contributed by atoms with van der Waals surface area (Å²) in [6, 6.07) is 5.82. The Kier molecular flexibility index (Phi) is 4.87. The fourth-order valence-electron chi connectivity index (χ4n) is 1.69. The number of anilines is 1. The van der Waals surface area contributed by atoms with E-state index < -0.39 is 30.0 Å². The van der Waals surface area contributed by atoms with Crippen LogP contribution in [0.2, 0.25) is 0 Å². The van der Waals surface area contributed by atoms with Crippen LogP contribution in [0.25, 0.3) is 10.8 Å². The molecule has 0 aromatic heterocycles. The van der Waals surface area contributed by atoms with E-state index >= 15 is 0 Å². The summed E-state index contributed by atoms with van der Waals surface area (Å²) in [5.41, 5.74) is 5.80. The van der Waals surface area contributed by atoms with Crippen molar-refractivity contribution in [1.29, 1.82) is 0 Å². The fraction of sp³-hybridized carbons (Fsp3) is 0. The number of nitrogens with two attached hydrogens (primary N) is 1. The average Bonchev–Trinajstić information content (AvgIpc) is 2.24. The van der Waals surface area contributed by atoms with E-state index in [4.69, 9.17) is 14.8 Å². The zero-order chi connectivity index (χ0) is 14.4. The van der Waals surface area contributed by atoms with Crippen molar-refractivity contribution >= 4 is 36.7 Å². The fourth-order valence-corrected chi connectivity index (χ4v) is 3.05. The molecule has 0 radical (unpaired) electrons. The standard InChI is InChI=1S/C10H9NO6S2.Na.H/c11-7-1-2-9-6(3-7)4-8(18(12,13)14)5-10(9)19(15,16)17;;/h1-5H,11H2,(H,12,13,14)(H,15,16,17);;/q;+1;-1. The maximum absolute atomic E-state index is 11.3. The Morgan fingerprint density at radius 3 is 2.05 bits per heavy atom. The third kappa shape index (κ3) is 3.50. The SMILES string of the molecule is Nc1ccc2c(S(=O)(=O)O)cc(S(=O)(=O)O)cc2c1.[H-].[Na+]. The molecule has 0 aliphatic carbocycles. The molecule has 0 saturated heterocycles. The maximum Gasteiger partial charge on any atom is 1.00 e. The molecule has 104 valence electrons. The molecule has 0 amide bonds. The first-order valence-corrected chi connectivity index (χ1v) is 7.75. The quantitative estimate of drug-likeness (QED) is 0.331. The van der Waals surface area contributed by atoms with Gasteiger partial charge in [0.2, 0.25) is 0 Å².